The molecule has 0 spiro atoms. The molecule has 1 atom stereocenters. The number of hydrogen-bond donors (Lipinski definition) is 2. The highest BCUT2D eigenvalue weighted by Crippen LogP contribution is 2.33. The molecule has 1 amide bonds. The first-order valence-electron chi connectivity index (χ1n) is 5.33. The molecule has 18 heavy (non-hydrogen) atoms. The van der Waals surface area contributed by atoms with Crippen LogP contribution in [0.25, 0.3) is 0 Å². The summed E-state index contributed by atoms with van der Waals surface area (Å²) in [7, 11) is 0. The molecule has 0 saturated heterocycles. The molecule has 1 aliphatic rings. The van der Waals surface area contributed by atoms with Gasteiger partial charge < -0.3 is 10.4 Å². The fraction of sp³-hybridized carbons (Fsp3) is 0.364. The van der Waals surface area contributed by atoms with Crippen molar-refractivity contribution < 1.29 is 19.1 Å². The molecular weight excluding hydrogens is 263 g/mol. The Hall–Kier alpha value is -1.69. The Morgan fingerprint density at radius 1 is 1.56 bits per heavy atom. The predicted molar refractivity (Wildman–Crippen MR) is 60.8 cm³/mol. The maximum absolute atomic E-state index is 13.0. The number of aromatic nitrogens is 1. The largest absolute Gasteiger partial charge is 0.480 e. The van der Waals surface area contributed by atoms with Gasteiger partial charge >= 0.3 is 5.97 Å². The second-order valence-corrected chi connectivity index (χ2v) is 4.48. The molecule has 0 bridgehead atoms. The van der Waals surface area contributed by atoms with Gasteiger partial charge in [0.25, 0.3) is 5.91 Å². The Balaban J connectivity index is 2.15. The van der Waals surface area contributed by atoms with Gasteiger partial charge in [0.05, 0.1) is 11.8 Å². The first-order valence-corrected chi connectivity index (χ1v) is 5.71. The lowest BCUT2D eigenvalue weighted by molar-refractivity contribution is -0.139. The molecule has 0 radical (unpaired) electrons. The van der Waals surface area contributed by atoms with E-state index in [1.807, 2.05) is 0 Å². The molecule has 2 rings (SSSR count). The van der Waals surface area contributed by atoms with Gasteiger partial charge in [-0.25, -0.2) is 14.2 Å². The van der Waals surface area contributed by atoms with Gasteiger partial charge in [0.2, 0.25) is 0 Å². The smallest absolute Gasteiger partial charge is 0.326 e. The van der Waals surface area contributed by atoms with Crippen LogP contribution in [-0.4, -0.2) is 28.0 Å². The van der Waals surface area contributed by atoms with E-state index in [1.54, 1.807) is 0 Å². The van der Waals surface area contributed by atoms with E-state index >= 15 is 0 Å². The van der Waals surface area contributed by atoms with Crippen LogP contribution >= 0.6 is 11.6 Å². The van der Waals surface area contributed by atoms with Crippen molar-refractivity contribution in [3.63, 3.8) is 0 Å². The minimum absolute atomic E-state index is 0.0632. The Morgan fingerprint density at radius 3 is 2.78 bits per heavy atom. The fourth-order valence-corrected chi connectivity index (χ4v) is 1.80. The number of rotatable bonds is 4. The number of carboxylic acids is 1. The van der Waals surface area contributed by atoms with E-state index in [0.29, 0.717) is 0 Å². The maximum atomic E-state index is 13.0. The second kappa shape index (κ2) is 4.89. The van der Waals surface area contributed by atoms with E-state index in [9.17, 15) is 14.0 Å². The standard InChI is InChI=1S/C11H10ClFN2O3/c12-9-7(3-6(13)4-14-9)10(16)15-8(11(17)18)5-1-2-5/h3-5,8H,1-2H2,(H,15,16)(H,17,18). The zero-order chi connectivity index (χ0) is 13.3. The van der Waals surface area contributed by atoms with Crippen LogP contribution in [-0.2, 0) is 4.79 Å². The van der Waals surface area contributed by atoms with Crippen LogP contribution in [0.3, 0.4) is 0 Å². The molecule has 5 nitrogen and oxygen atoms in total. The summed E-state index contributed by atoms with van der Waals surface area (Å²) < 4.78 is 13.0. The number of halogens is 2. The number of pyridine rings is 1. The molecule has 1 saturated carbocycles. The van der Waals surface area contributed by atoms with Gasteiger partial charge in [-0.3, -0.25) is 4.79 Å². The Bertz CT molecular complexity index is 505. The van der Waals surface area contributed by atoms with Crippen molar-refractivity contribution in [3.05, 3.63) is 28.8 Å². The first-order chi connectivity index (χ1) is 8.49. The van der Waals surface area contributed by atoms with Gasteiger partial charge in [0.15, 0.2) is 0 Å². The quantitative estimate of drug-likeness (QED) is 0.814. The van der Waals surface area contributed by atoms with Crippen LogP contribution in [0.5, 0.6) is 0 Å². The minimum Gasteiger partial charge on any atom is -0.480 e. The monoisotopic (exact) mass is 272 g/mol. The topological polar surface area (TPSA) is 79.3 Å². The van der Waals surface area contributed by atoms with Crippen LogP contribution in [0.2, 0.25) is 5.15 Å². The number of nitrogens with one attached hydrogen (secondary N) is 1. The zero-order valence-corrected chi connectivity index (χ0v) is 9.95. The van der Waals surface area contributed by atoms with Crippen LogP contribution < -0.4 is 5.32 Å². The number of carbonyl (C=O) groups excluding carboxylic acids is 1. The van der Waals surface area contributed by atoms with E-state index in [0.717, 1.165) is 25.1 Å². The second-order valence-electron chi connectivity index (χ2n) is 4.12. The predicted octanol–water partition coefficient (Wildman–Crippen LogP) is 1.47. The summed E-state index contributed by atoms with van der Waals surface area (Å²) in [6.07, 6.45) is 2.40. The summed E-state index contributed by atoms with van der Waals surface area (Å²) in [4.78, 5) is 26.3. The highest BCUT2D eigenvalue weighted by atomic mass is 35.5. The van der Waals surface area contributed by atoms with Crippen LogP contribution in [0.15, 0.2) is 12.3 Å². The molecule has 2 N–H and O–H groups in total. The first kappa shape index (κ1) is 12.8. The summed E-state index contributed by atoms with van der Waals surface area (Å²) in [6, 6.07) is -0.0342. The molecule has 96 valence electrons. The molecule has 1 fully saturated rings. The van der Waals surface area contributed by atoms with Crippen LogP contribution in [0, 0.1) is 11.7 Å². The van der Waals surface area contributed by atoms with E-state index in [-0.39, 0.29) is 16.6 Å². The van der Waals surface area contributed by atoms with E-state index < -0.39 is 23.7 Å². The molecule has 1 aromatic heterocycles. The van der Waals surface area contributed by atoms with Crippen molar-refractivity contribution in [2.24, 2.45) is 5.92 Å². The number of nitrogens with zero attached hydrogens (tertiary/aromatic N) is 1. The van der Waals surface area contributed by atoms with Crippen molar-refractivity contribution >= 4 is 23.5 Å². The summed E-state index contributed by atoms with van der Waals surface area (Å²) >= 11 is 5.66. The van der Waals surface area contributed by atoms with Crippen molar-refractivity contribution in [2.75, 3.05) is 0 Å². The van der Waals surface area contributed by atoms with Crippen molar-refractivity contribution in [2.45, 2.75) is 18.9 Å². The van der Waals surface area contributed by atoms with Crippen LogP contribution in [0.4, 0.5) is 4.39 Å². The lowest BCUT2D eigenvalue weighted by Crippen LogP contribution is -2.42. The van der Waals surface area contributed by atoms with Crippen LogP contribution in [0.1, 0.15) is 23.2 Å². The van der Waals surface area contributed by atoms with Crippen molar-refractivity contribution in [3.8, 4) is 0 Å². The number of carboxylic acid groups (broad SMARTS) is 1. The van der Waals surface area contributed by atoms with E-state index in [1.165, 1.54) is 0 Å². The zero-order valence-electron chi connectivity index (χ0n) is 9.19. The Kier molecular flexibility index (Phi) is 3.47. The molecule has 1 aromatic rings. The van der Waals surface area contributed by atoms with Gasteiger partial charge in [0.1, 0.15) is 17.0 Å². The minimum atomic E-state index is -1.11. The highest BCUT2D eigenvalue weighted by molar-refractivity contribution is 6.32. The number of hydrogen-bond acceptors (Lipinski definition) is 3. The normalized spacial score (nSPS) is 16.1. The maximum Gasteiger partial charge on any atom is 0.326 e. The number of amides is 1. The Morgan fingerprint density at radius 2 is 2.22 bits per heavy atom. The number of carbonyl (C=O) groups is 2. The lowest BCUT2D eigenvalue weighted by Gasteiger charge is -2.13. The summed E-state index contributed by atoms with van der Waals surface area (Å²) in [6.45, 7) is 0. The Labute approximate surface area is 107 Å². The third-order valence-corrected chi connectivity index (χ3v) is 3.00. The average Bonchev–Trinajstić information content (AvgIpc) is 3.12. The van der Waals surface area contributed by atoms with Gasteiger partial charge in [-0.05, 0) is 24.8 Å². The van der Waals surface area contributed by atoms with Crippen molar-refractivity contribution in [1.82, 2.24) is 10.3 Å². The summed E-state index contributed by atoms with van der Waals surface area (Å²) in [5.74, 6) is -2.60. The summed E-state index contributed by atoms with van der Waals surface area (Å²) in [5, 5.41) is 11.1. The SMILES string of the molecule is O=C(NC(C(=O)O)C1CC1)c1cc(F)cnc1Cl. The molecule has 7 heteroatoms. The molecule has 0 aliphatic heterocycles. The van der Waals surface area contributed by atoms with Gasteiger partial charge in [-0.15, -0.1) is 0 Å². The summed E-state index contributed by atoms with van der Waals surface area (Å²) in [5.41, 5.74) is -0.163. The molecule has 0 aromatic carbocycles. The highest BCUT2D eigenvalue weighted by Gasteiger charge is 2.37. The fourth-order valence-electron chi connectivity index (χ4n) is 1.61. The molecular formula is C11H10ClFN2O3. The van der Waals surface area contributed by atoms with E-state index in [2.05, 4.69) is 10.3 Å². The van der Waals surface area contributed by atoms with Gasteiger partial charge in [-0.2, -0.15) is 0 Å². The lowest BCUT2D eigenvalue weighted by atomic mass is 10.1. The number of aliphatic carboxylic acids is 1. The third kappa shape index (κ3) is 2.76. The molecule has 1 heterocycles. The van der Waals surface area contributed by atoms with Crippen molar-refractivity contribution in [1.29, 1.82) is 0 Å². The van der Waals surface area contributed by atoms with Gasteiger partial charge in [-0.1, -0.05) is 11.6 Å². The average molecular weight is 273 g/mol. The molecule has 1 unspecified atom stereocenters. The third-order valence-electron chi connectivity index (χ3n) is 2.70. The molecule has 1 aliphatic carbocycles. The van der Waals surface area contributed by atoms with E-state index in [4.69, 9.17) is 16.7 Å². The van der Waals surface area contributed by atoms with Gasteiger partial charge in [0, 0.05) is 0 Å².